The Labute approximate surface area is 203 Å². The first-order valence-electron chi connectivity index (χ1n) is 11.5. The van der Waals surface area contributed by atoms with E-state index in [-0.39, 0.29) is 25.7 Å². The number of aliphatic carboxylic acids is 1. The molecule has 2 heterocycles. The van der Waals surface area contributed by atoms with Gasteiger partial charge in [-0.25, -0.2) is 14.8 Å². The standard InChI is InChI=1S/C25H29N5O5/c1-17(19-11-7-4-8-12-19)28-15-21-29(20(24(28)34)13-23(32)33)22(31)16-27(2)30(21)25(35)26-14-18-9-5-3-6-10-18/h3-12,17,20-21H,13-16H2,1-2H3,(H,26,35)(H,32,33). The van der Waals surface area contributed by atoms with Crippen molar-refractivity contribution >= 4 is 23.8 Å². The minimum absolute atomic E-state index is 0.0554. The highest BCUT2D eigenvalue weighted by Crippen LogP contribution is 2.32. The van der Waals surface area contributed by atoms with Crippen molar-refractivity contribution in [3.63, 3.8) is 0 Å². The number of fused-ring (bicyclic) bond motifs is 1. The molecule has 2 aromatic carbocycles. The Hall–Kier alpha value is -3.92. The van der Waals surface area contributed by atoms with Gasteiger partial charge in [0.15, 0.2) is 0 Å². The Kier molecular flexibility index (Phi) is 7.02. The summed E-state index contributed by atoms with van der Waals surface area (Å²) in [6.07, 6.45) is -1.38. The lowest BCUT2D eigenvalue weighted by molar-refractivity contribution is -0.190. The molecule has 0 saturated carbocycles. The van der Waals surface area contributed by atoms with Gasteiger partial charge in [0, 0.05) is 13.6 Å². The predicted molar refractivity (Wildman–Crippen MR) is 126 cm³/mol. The van der Waals surface area contributed by atoms with Crippen LogP contribution < -0.4 is 5.32 Å². The molecule has 10 nitrogen and oxygen atoms in total. The first-order valence-corrected chi connectivity index (χ1v) is 11.5. The Morgan fingerprint density at radius 2 is 1.69 bits per heavy atom. The van der Waals surface area contributed by atoms with Gasteiger partial charge in [0.2, 0.25) is 11.8 Å². The Bertz CT molecular complexity index is 1100. The Morgan fingerprint density at radius 1 is 1.06 bits per heavy atom. The third-order valence-electron chi connectivity index (χ3n) is 6.50. The maximum atomic E-state index is 13.5. The molecule has 2 fully saturated rings. The van der Waals surface area contributed by atoms with E-state index in [2.05, 4.69) is 5.32 Å². The second-order valence-electron chi connectivity index (χ2n) is 8.78. The van der Waals surface area contributed by atoms with Crippen molar-refractivity contribution in [2.24, 2.45) is 0 Å². The first-order chi connectivity index (χ1) is 16.8. The zero-order valence-corrected chi connectivity index (χ0v) is 19.7. The lowest BCUT2D eigenvalue weighted by Crippen LogP contribution is -2.76. The van der Waals surface area contributed by atoms with Crippen LogP contribution in [0, 0.1) is 0 Å². The average Bonchev–Trinajstić information content (AvgIpc) is 2.84. The number of piperazine rings is 1. The van der Waals surface area contributed by atoms with Gasteiger partial charge in [-0.2, -0.15) is 0 Å². The van der Waals surface area contributed by atoms with Crippen molar-refractivity contribution in [2.45, 2.75) is 38.1 Å². The predicted octanol–water partition coefficient (Wildman–Crippen LogP) is 1.66. The number of hydrazine groups is 1. The summed E-state index contributed by atoms with van der Waals surface area (Å²) < 4.78 is 0. The fourth-order valence-corrected chi connectivity index (χ4v) is 4.74. The molecule has 4 amide bonds. The van der Waals surface area contributed by atoms with Crippen molar-refractivity contribution < 1.29 is 24.3 Å². The highest BCUT2D eigenvalue weighted by Gasteiger charge is 2.52. The highest BCUT2D eigenvalue weighted by molar-refractivity contribution is 5.93. The van der Waals surface area contributed by atoms with Gasteiger partial charge in [-0.1, -0.05) is 60.7 Å². The molecular weight excluding hydrogens is 450 g/mol. The summed E-state index contributed by atoms with van der Waals surface area (Å²) in [6.45, 7) is 2.05. The van der Waals surface area contributed by atoms with Crippen molar-refractivity contribution in [3.05, 3.63) is 71.8 Å². The third kappa shape index (κ3) is 4.97. The maximum absolute atomic E-state index is 13.5. The van der Waals surface area contributed by atoms with Gasteiger partial charge in [0.1, 0.15) is 12.2 Å². The smallest absolute Gasteiger partial charge is 0.334 e. The number of hydrogen-bond acceptors (Lipinski definition) is 5. The number of carboxylic acid groups (broad SMARTS) is 1. The van der Waals surface area contributed by atoms with Crippen molar-refractivity contribution in [1.82, 2.24) is 25.1 Å². The van der Waals surface area contributed by atoms with Crippen LogP contribution in [0.15, 0.2) is 60.7 Å². The number of amides is 4. The maximum Gasteiger partial charge on any atom is 0.334 e. The minimum atomic E-state index is -1.21. The molecule has 10 heteroatoms. The normalized spacial score (nSPS) is 21.5. The zero-order valence-electron chi connectivity index (χ0n) is 19.7. The van der Waals surface area contributed by atoms with Crippen LogP contribution in [0.5, 0.6) is 0 Å². The van der Waals surface area contributed by atoms with Crippen LogP contribution in [0.2, 0.25) is 0 Å². The van der Waals surface area contributed by atoms with Gasteiger partial charge in [-0.15, -0.1) is 0 Å². The van der Waals surface area contributed by atoms with E-state index in [4.69, 9.17) is 0 Å². The molecule has 3 atom stereocenters. The van der Waals surface area contributed by atoms with Crippen LogP contribution in [0.1, 0.15) is 30.5 Å². The fraction of sp³-hybridized carbons (Fsp3) is 0.360. The van der Waals surface area contributed by atoms with Crippen LogP contribution in [0.3, 0.4) is 0 Å². The van der Waals surface area contributed by atoms with Gasteiger partial charge < -0.3 is 20.2 Å². The molecule has 35 heavy (non-hydrogen) atoms. The molecule has 0 bridgehead atoms. The first kappa shape index (κ1) is 24.2. The monoisotopic (exact) mass is 479 g/mol. The van der Waals surface area contributed by atoms with Crippen molar-refractivity contribution in [2.75, 3.05) is 20.1 Å². The van der Waals surface area contributed by atoms with Gasteiger partial charge in [-0.3, -0.25) is 14.4 Å². The van der Waals surface area contributed by atoms with Gasteiger partial charge in [-0.05, 0) is 18.1 Å². The van der Waals surface area contributed by atoms with E-state index in [1.165, 1.54) is 14.9 Å². The van der Waals surface area contributed by atoms with Crippen molar-refractivity contribution in [1.29, 1.82) is 0 Å². The number of nitrogens with one attached hydrogen (secondary N) is 1. The fourth-order valence-electron chi connectivity index (χ4n) is 4.74. The molecule has 3 unspecified atom stereocenters. The lowest BCUT2D eigenvalue weighted by atomic mass is 9.99. The van der Waals surface area contributed by atoms with Gasteiger partial charge >= 0.3 is 12.0 Å². The number of carbonyl (C=O) groups excluding carboxylic acids is 3. The third-order valence-corrected chi connectivity index (χ3v) is 6.50. The summed E-state index contributed by atoms with van der Waals surface area (Å²) in [6, 6.07) is 16.8. The SMILES string of the molecule is CC(c1ccccc1)N1CC2N(C(=O)CN(C)N2C(=O)NCc2ccccc2)C(CC(=O)O)C1=O. The number of hydrogen-bond donors (Lipinski definition) is 2. The largest absolute Gasteiger partial charge is 0.481 e. The number of carbonyl (C=O) groups is 4. The molecule has 184 valence electrons. The Morgan fingerprint density at radius 3 is 2.31 bits per heavy atom. The molecule has 0 aliphatic carbocycles. The molecule has 0 radical (unpaired) electrons. The van der Waals surface area contributed by atoms with Crippen LogP contribution >= 0.6 is 0 Å². The van der Waals surface area contributed by atoms with E-state index in [0.29, 0.717) is 0 Å². The summed E-state index contributed by atoms with van der Waals surface area (Å²) in [7, 11) is 1.63. The van der Waals surface area contributed by atoms with E-state index in [9.17, 15) is 24.3 Å². The van der Waals surface area contributed by atoms with E-state index in [1.807, 2.05) is 67.6 Å². The van der Waals surface area contributed by atoms with Crippen LogP contribution in [0.4, 0.5) is 4.79 Å². The van der Waals surface area contributed by atoms with E-state index < -0.39 is 42.4 Å². The molecular formula is C25H29N5O5. The van der Waals surface area contributed by atoms with E-state index >= 15 is 0 Å². The minimum Gasteiger partial charge on any atom is -0.481 e. The van der Waals surface area contributed by atoms with Crippen molar-refractivity contribution in [3.8, 4) is 0 Å². The number of benzene rings is 2. The highest BCUT2D eigenvalue weighted by atomic mass is 16.4. The molecule has 2 aliphatic heterocycles. The number of likely N-dealkylation sites (N-methyl/N-ethyl adjacent to an activating group) is 1. The summed E-state index contributed by atoms with van der Waals surface area (Å²) in [5.41, 5.74) is 1.79. The molecule has 2 aliphatic rings. The second-order valence-corrected chi connectivity index (χ2v) is 8.78. The molecule has 2 aromatic rings. The summed E-state index contributed by atoms with van der Waals surface area (Å²) >= 11 is 0. The number of carboxylic acids is 1. The quantitative estimate of drug-likeness (QED) is 0.652. The lowest BCUT2D eigenvalue weighted by Gasteiger charge is -2.55. The number of nitrogens with zero attached hydrogens (tertiary/aromatic N) is 4. The number of urea groups is 1. The van der Waals surface area contributed by atoms with Gasteiger partial charge in [0.25, 0.3) is 0 Å². The zero-order chi connectivity index (χ0) is 25.1. The summed E-state index contributed by atoms with van der Waals surface area (Å²) in [4.78, 5) is 54.3. The van der Waals surface area contributed by atoms with Crippen LogP contribution in [0.25, 0.3) is 0 Å². The van der Waals surface area contributed by atoms with E-state index in [0.717, 1.165) is 11.1 Å². The average molecular weight is 480 g/mol. The second kappa shape index (κ2) is 10.1. The van der Waals surface area contributed by atoms with E-state index in [1.54, 1.807) is 11.9 Å². The Balaban J connectivity index is 1.65. The van der Waals surface area contributed by atoms with Crippen LogP contribution in [-0.4, -0.2) is 81.1 Å². The topological polar surface area (TPSA) is 114 Å². The van der Waals surface area contributed by atoms with Crippen LogP contribution in [-0.2, 0) is 20.9 Å². The molecule has 0 spiro atoms. The summed E-state index contributed by atoms with van der Waals surface area (Å²) in [5.74, 6) is -2.03. The summed E-state index contributed by atoms with van der Waals surface area (Å²) in [5, 5.41) is 15.3. The molecule has 0 aromatic heterocycles. The van der Waals surface area contributed by atoms with Gasteiger partial charge in [0.05, 0.1) is 25.6 Å². The molecule has 2 saturated heterocycles. The molecule has 4 rings (SSSR count). The number of rotatable bonds is 6. The molecule has 2 N–H and O–H groups in total.